The van der Waals surface area contributed by atoms with Gasteiger partial charge in [0.05, 0.1) is 11.0 Å². The lowest BCUT2D eigenvalue weighted by atomic mass is 9.89. The van der Waals surface area contributed by atoms with Gasteiger partial charge < -0.3 is 0 Å². The molecule has 2 nitrogen and oxygen atoms in total. The number of hydrogen-bond acceptors (Lipinski definition) is 2. The molecule has 4 aromatic rings. The second kappa shape index (κ2) is 6.23. The van der Waals surface area contributed by atoms with Crippen molar-refractivity contribution in [2.24, 2.45) is 0 Å². The second-order valence-corrected chi connectivity index (χ2v) is 6.64. The lowest BCUT2D eigenvalue weighted by Crippen LogP contribution is -1.99. The van der Waals surface area contributed by atoms with E-state index in [2.05, 4.69) is 77.8 Å². The maximum absolute atomic E-state index is 4.70. The van der Waals surface area contributed by atoms with Crippen LogP contribution >= 0.6 is 0 Å². The molecule has 0 aliphatic heterocycles. The summed E-state index contributed by atoms with van der Waals surface area (Å²) in [6.07, 6.45) is 13.6. The van der Waals surface area contributed by atoms with E-state index < -0.39 is 0 Å². The average Bonchev–Trinajstić information content (AvgIpc) is 2.74. The molecule has 1 atom stereocenters. The molecule has 0 N–H and O–H groups in total. The van der Waals surface area contributed by atoms with E-state index in [4.69, 9.17) is 4.98 Å². The van der Waals surface area contributed by atoms with E-state index >= 15 is 0 Å². The van der Waals surface area contributed by atoms with Crippen LogP contribution in [0.5, 0.6) is 0 Å². The van der Waals surface area contributed by atoms with Crippen LogP contribution in [0, 0.1) is 0 Å². The van der Waals surface area contributed by atoms with Crippen LogP contribution in [0.4, 0.5) is 0 Å². The molecule has 0 radical (unpaired) electrons. The van der Waals surface area contributed by atoms with Gasteiger partial charge in [-0.1, -0.05) is 66.8 Å². The topological polar surface area (TPSA) is 25.8 Å². The van der Waals surface area contributed by atoms with E-state index in [0.29, 0.717) is 5.92 Å². The molecule has 5 rings (SSSR count). The van der Waals surface area contributed by atoms with Gasteiger partial charge >= 0.3 is 0 Å². The number of pyridine rings is 2. The van der Waals surface area contributed by atoms with E-state index in [1.54, 1.807) is 0 Å². The summed E-state index contributed by atoms with van der Waals surface area (Å²) in [5.74, 6) is 0.403. The van der Waals surface area contributed by atoms with Crippen LogP contribution in [0.3, 0.4) is 0 Å². The van der Waals surface area contributed by atoms with Crippen LogP contribution in [-0.4, -0.2) is 9.97 Å². The lowest BCUT2D eigenvalue weighted by molar-refractivity contribution is 0.860. The van der Waals surface area contributed by atoms with E-state index in [0.717, 1.165) is 22.8 Å². The summed E-state index contributed by atoms with van der Waals surface area (Å²) in [6, 6.07) is 19.1. The van der Waals surface area contributed by atoms with Crippen LogP contribution in [-0.2, 0) is 0 Å². The van der Waals surface area contributed by atoms with E-state index in [1.807, 2.05) is 18.5 Å². The molecular formula is C24H18N2. The molecule has 2 heteroatoms. The largest absolute Gasteiger partial charge is 0.254 e. The van der Waals surface area contributed by atoms with Gasteiger partial charge in [-0.05, 0) is 35.2 Å². The SMILES string of the molecule is C1=CCC(c2ccnc3c2ccc2c(-c4ccccc4)ccnc23)C=C1. The number of fused-ring (bicyclic) bond motifs is 3. The zero-order chi connectivity index (χ0) is 17.3. The van der Waals surface area contributed by atoms with Gasteiger partial charge in [0, 0.05) is 29.1 Å². The van der Waals surface area contributed by atoms with Crippen LogP contribution < -0.4 is 0 Å². The molecule has 0 spiro atoms. The van der Waals surface area contributed by atoms with Gasteiger partial charge in [-0.15, -0.1) is 0 Å². The molecule has 0 saturated carbocycles. The highest BCUT2D eigenvalue weighted by Gasteiger charge is 2.15. The first kappa shape index (κ1) is 15.0. The molecule has 0 amide bonds. The van der Waals surface area contributed by atoms with Crippen LogP contribution in [0.1, 0.15) is 17.9 Å². The van der Waals surface area contributed by atoms with Crippen LogP contribution in [0.15, 0.2) is 91.3 Å². The monoisotopic (exact) mass is 334 g/mol. The number of benzene rings is 2. The summed E-state index contributed by atoms with van der Waals surface area (Å²) >= 11 is 0. The Kier molecular flexibility index (Phi) is 3.60. The van der Waals surface area contributed by atoms with Crippen molar-refractivity contribution in [3.05, 3.63) is 96.9 Å². The van der Waals surface area contributed by atoms with Crippen molar-refractivity contribution in [2.75, 3.05) is 0 Å². The number of aromatic nitrogens is 2. The van der Waals surface area contributed by atoms with Gasteiger partial charge in [-0.3, -0.25) is 9.97 Å². The fraction of sp³-hybridized carbons (Fsp3) is 0.0833. The smallest absolute Gasteiger partial charge is 0.0970 e. The summed E-state index contributed by atoms with van der Waals surface area (Å²) in [4.78, 5) is 9.38. The molecular weight excluding hydrogens is 316 g/mol. The summed E-state index contributed by atoms with van der Waals surface area (Å²) in [6.45, 7) is 0. The minimum atomic E-state index is 0.403. The van der Waals surface area contributed by atoms with Gasteiger partial charge in [-0.2, -0.15) is 0 Å². The third-order valence-corrected chi connectivity index (χ3v) is 5.12. The number of hydrogen-bond donors (Lipinski definition) is 0. The number of nitrogens with zero attached hydrogens (tertiary/aromatic N) is 2. The highest BCUT2D eigenvalue weighted by molar-refractivity contribution is 6.08. The Balaban J connectivity index is 1.77. The molecule has 1 aliphatic carbocycles. The molecule has 0 bridgehead atoms. The summed E-state index contributed by atoms with van der Waals surface area (Å²) in [5, 5.41) is 2.34. The van der Waals surface area contributed by atoms with Gasteiger partial charge in [0.25, 0.3) is 0 Å². The molecule has 2 heterocycles. The Morgan fingerprint density at radius 2 is 1.50 bits per heavy atom. The van der Waals surface area contributed by atoms with Crippen molar-refractivity contribution in [3.63, 3.8) is 0 Å². The Morgan fingerprint density at radius 3 is 2.31 bits per heavy atom. The quantitative estimate of drug-likeness (QED) is 0.417. The summed E-state index contributed by atoms with van der Waals surface area (Å²) in [7, 11) is 0. The fourth-order valence-electron chi connectivity index (χ4n) is 3.85. The van der Waals surface area contributed by atoms with Gasteiger partial charge in [0.15, 0.2) is 0 Å². The van der Waals surface area contributed by atoms with E-state index in [-0.39, 0.29) is 0 Å². The van der Waals surface area contributed by atoms with Crippen LogP contribution in [0.2, 0.25) is 0 Å². The molecule has 124 valence electrons. The third kappa shape index (κ3) is 2.42. The lowest BCUT2D eigenvalue weighted by Gasteiger charge is -2.16. The molecule has 0 fully saturated rings. The number of allylic oxidation sites excluding steroid dienone is 4. The Bertz CT molecular complexity index is 1160. The van der Waals surface area contributed by atoms with E-state index in [9.17, 15) is 0 Å². The maximum atomic E-state index is 4.70. The van der Waals surface area contributed by atoms with Gasteiger partial charge in [0.1, 0.15) is 0 Å². The minimum absolute atomic E-state index is 0.403. The predicted molar refractivity (Wildman–Crippen MR) is 108 cm³/mol. The van der Waals surface area contributed by atoms with Crippen molar-refractivity contribution in [1.29, 1.82) is 0 Å². The van der Waals surface area contributed by atoms with Gasteiger partial charge in [0.2, 0.25) is 0 Å². The molecule has 1 unspecified atom stereocenters. The minimum Gasteiger partial charge on any atom is -0.254 e. The van der Waals surface area contributed by atoms with Crippen molar-refractivity contribution in [1.82, 2.24) is 9.97 Å². The van der Waals surface area contributed by atoms with Gasteiger partial charge in [-0.25, -0.2) is 0 Å². The van der Waals surface area contributed by atoms with Crippen molar-refractivity contribution >= 4 is 21.8 Å². The standard InChI is InChI=1S/C24H18N2/c1-3-7-17(8-4-1)19-13-15-25-23-21(19)11-12-22-20(14-16-26-24(22)23)18-9-5-2-6-10-18/h1-9,11-16,18H,10H2. The average molecular weight is 334 g/mol. The van der Waals surface area contributed by atoms with Crippen molar-refractivity contribution in [3.8, 4) is 11.1 Å². The highest BCUT2D eigenvalue weighted by atomic mass is 14.7. The first-order chi connectivity index (χ1) is 12.9. The second-order valence-electron chi connectivity index (χ2n) is 6.64. The third-order valence-electron chi connectivity index (χ3n) is 5.12. The molecule has 1 aliphatic rings. The Morgan fingerprint density at radius 1 is 0.731 bits per heavy atom. The Labute approximate surface area is 152 Å². The molecule has 0 saturated heterocycles. The zero-order valence-corrected chi connectivity index (χ0v) is 14.3. The Hall–Kier alpha value is -3.26. The fourth-order valence-corrected chi connectivity index (χ4v) is 3.85. The van der Waals surface area contributed by atoms with Crippen LogP contribution in [0.25, 0.3) is 32.9 Å². The molecule has 26 heavy (non-hydrogen) atoms. The molecule has 2 aromatic carbocycles. The maximum Gasteiger partial charge on any atom is 0.0970 e. The summed E-state index contributed by atoms with van der Waals surface area (Å²) < 4.78 is 0. The first-order valence-corrected chi connectivity index (χ1v) is 8.97. The van der Waals surface area contributed by atoms with Crippen molar-refractivity contribution in [2.45, 2.75) is 12.3 Å². The summed E-state index contributed by atoms with van der Waals surface area (Å²) in [5.41, 5.74) is 5.69. The number of rotatable bonds is 2. The predicted octanol–water partition coefficient (Wildman–Crippen LogP) is 6.05. The molecule has 2 aromatic heterocycles. The van der Waals surface area contributed by atoms with Crippen molar-refractivity contribution < 1.29 is 0 Å². The first-order valence-electron chi connectivity index (χ1n) is 8.97. The highest BCUT2D eigenvalue weighted by Crippen LogP contribution is 2.35. The zero-order valence-electron chi connectivity index (χ0n) is 14.3. The van der Waals surface area contributed by atoms with E-state index in [1.165, 1.54) is 22.1 Å². The normalized spacial score (nSPS) is 16.4.